The largest absolute Gasteiger partial charge is 0.389 e. The lowest BCUT2D eigenvalue weighted by Gasteiger charge is -2.34. The molecule has 1 aliphatic carbocycles. The molecule has 20 heavy (non-hydrogen) atoms. The molecular weight excluding hydrogens is 250 g/mol. The van der Waals surface area contributed by atoms with Gasteiger partial charge in [-0.1, -0.05) is 26.2 Å². The zero-order valence-corrected chi connectivity index (χ0v) is 13.8. The van der Waals surface area contributed by atoms with E-state index in [4.69, 9.17) is 0 Å². The zero-order chi connectivity index (χ0) is 15.2. The number of hydrogen-bond acceptors (Lipinski definition) is 2. The molecule has 1 saturated carbocycles. The van der Waals surface area contributed by atoms with Crippen LogP contribution in [-0.2, 0) is 4.79 Å². The van der Waals surface area contributed by atoms with E-state index in [9.17, 15) is 9.90 Å². The fourth-order valence-electron chi connectivity index (χ4n) is 3.26. The number of likely N-dealkylation sites (N-methyl/N-ethyl adjacent to an activating group) is 1. The van der Waals surface area contributed by atoms with Crippen LogP contribution in [0.1, 0.15) is 72.6 Å². The molecule has 0 atom stereocenters. The predicted octanol–water partition coefficient (Wildman–Crippen LogP) is 3.60. The maximum Gasteiger partial charge on any atom is 0.225 e. The van der Waals surface area contributed by atoms with Gasteiger partial charge in [0.05, 0.1) is 5.60 Å². The first-order chi connectivity index (χ1) is 9.37. The molecule has 0 aromatic rings. The van der Waals surface area contributed by atoms with Crippen molar-refractivity contribution in [2.24, 2.45) is 11.8 Å². The Morgan fingerprint density at radius 2 is 1.80 bits per heavy atom. The van der Waals surface area contributed by atoms with Gasteiger partial charge in [-0.05, 0) is 52.4 Å². The Morgan fingerprint density at radius 3 is 2.25 bits per heavy atom. The molecular formula is C17H33NO2. The SMILES string of the molecule is CCCCC1CCC(C(=O)N(CC)CC(C)(C)O)CC1. The molecule has 3 heteroatoms. The summed E-state index contributed by atoms with van der Waals surface area (Å²) in [6.07, 6.45) is 8.41. The molecule has 0 aromatic heterocycles. The van der Waals surface area contributed by atoms with Crippen molar-refractivity contribution in [1.29, 1.82) is 0 Å². The number of hydrogen-bond donors (Lipinski definition) is 1. The molecule has 0 aromatic carbocycles. The summed E-state index contributed by atoms with van der Waals surface area (Å²) >= 11 is 0. The molecule has 0 saturated heterocycles. The van der Waals surface area contributed by atoms with Crippen LogP contribution in [0.2, 0.25) is 0 Å². The standard InChI is InChI=1S/C17H33NO2/c1-5-7-8-14-9-11-15(12-10-14)16(19)18(6-2)13-17(3,4)20/h14-15,20H,5-13H2,1-4H3. The summed E-state index contributed by atoms with van der Waals surface area (Å²) in [5, 5.41) is 9.91. The summed E-state index contributed by atoms with van der Waals surface area (Å²) in [4.78, 5) is 14.4. The maximum atomic E-state index is 12.5. The molecule has 0 heterocycles. The highest BCUT2D eigenvalue weighted by Gasteiger charge is 2.30. The Hall–Kier alpha value is -0.570. The first-order valence-corrected chi connectivity index (χ1v) is 8.38. The van der Waals surface area contributed by atoms with Crippen molar-refractivity contribution >= 4 is 5.91 Å². The van der Waals surface area contributed by atoms with Crippen LogP contribution in [-0.4, -0.2) is 34.6 Å². The van der Waals surface area contributed by atoms with E-state index < -0.39 is 5.60 Å². The van der Waals surface area contributed by atoms with Gasteiger partial charge in [0.1, 0.15) is 0 Å². The Labute approximate surface area is 124 Å². The molecule has 118 valence electrons. The van der Waals surface area contributed by atoms with Gasteiger partial charge in [0.25, 0.3) is 0 Å². The van der Waals surface area contributed by atoms with Crippen molar-refractivity contribution in [1.82, 2.24) is 4.90 Å². The normalized spacial score (nSPS) is 23.6. The number of aliphatic hydroxyl groups is 1. The lowest BCUT2D eigenvalue weighted by atomic mass is 9.79. The molecule has 3 nitrogen and oxygen atoms in total. The van der Waals surface area contributed by atoms with Gasteiger partial charge in [0, 0.05) is 19.0 Å². The molecule has 0 radical (unpaired) electrons. The summed E-state index contributed by atoms with van der Waals surface area (Å²) < 4.78 is 0. The molecule has 1 rings (SSSR count). The van der Waals surface area contributed by atoms with Gasteiger partial charge >= 0.3 is 0 Å². The predicted molar refractivity (Wildman–Crippen MR) is 83.5 cm³/mol. The third-order valence-corrected chi connectivity index (χ3v) is 4.43. The quantitative estimate of drug-likeness (QED) is 0.775. The fourth-order valence-corrected chi connectivity index (χ4v) is 3.26. The highest BCUT2D eigenvalue weighted by atomic mass is 16.3. The van der Waals surface area contributed by atoms with Crippen LogP contribution < -0.4 is 0 Å². The van der Waals surface area contributed by atoms with E-state index >= 15 is 0 Å². The number of carbonyl (C=O) groups excluding carboxylic acids is 1. The second kappa shape index (κ2) is 8.02. The molecule has 0 unspecified atom stereocenters. The van der Waals surface area contributed by atoms with Gasteiger partial charge in [0.15, 0.2) is 0 Å². The second-order valence-corrected chi connectivity index (χ2v) is 7.02. The zero-order valence-electron chi connectivity index (χ0n) is 13.8. The average molecular weight is 283 g/mol. The van der Waals surface area contributed by atoms with Crippen molar-refractivity contribution < 1.29 is 9.90 Å². The first kappa shape index (κ1) is 17.5. The van der Waals surface area contributed by atoms with Crippen molar-refractivity contribution in [2.75, 3.05) is 13.1 Å². The second-order valence-electron chi connectivity index (χ2n) is 7.02. The third kappa shape index (κ3) is 5.82. The van der Waals surface area contributed by atoms with Crippen LogP contribution in [0, 0.1) is 11.8 Å². The molecule has 0 aliphatic heterocycles. The lowest BCUT2D eigenvalue weighted by Crippen LogP contribution is -2.45. The highest BCUT2D eigenvalue weighted by molar-refractivity contribution is 5.79. The third-order valence-electron chi connectivity index (χ3n) is 4.43. The van der Waals surface area contributed by atoms with Gasteiger partial charge in [-0.2, -0.15) is 0 Å². The lowest BCUT2D eigenvalue weighted by molar-refractivity contribution is -0.139. The van der Waals surface area contributed by atoms with Gasteiger partial charge in [-0.3, -0.25) is 4.79 Å². The number of carbonyl (C=O) groups is 1. The van der Waals surface area contributed by atoms with Crippen molar-refractivity contribution in [3.05, 3.63) is 0 Å². The van der Waals surface area contributed by atoms with Crippen molar-refractivity contribution in [2.45, 2.75) is 78.2 Å². The molecule has 0 bridgehead atoms. The van der Waals surface area contributed by atoms with Crippen molar-refractivity contribution in [3.63, 3.8) is 0 Å². The van der Waals surface area contributed by atoms with E-state index in [2.05, 4.69) is 6.92 Å². The Morgan fingerprint density at radius 1 is 1.20 bits per heavy atom. The Kier molecular flexibility index (Phi) is 7.01. The van der Waals surface area contributed by atoms with Crippen molar-refractivity contribution in [3.8, 4) is 0 Å². The van der Waals surface area contributed by atoms with Crippen LogP contribution in [0.3, 0.4) is 0 Å². The highest BCUT2D eigenvalue weighted by Crippen LogP contribution is 2.33. The van der Waals surface area contributed by atoms with Crippen LogP contribution in [0.15, 0.2) is 0 Å². The average Bonchev–Trinajstić information content (AvgIpc) is 2.41. The number of rotatable bonds is 7. The van der Waals surface area contributed by atoms with Gasteiger partial charge in [-0.25, -0.2) is 0 Å². The first-order valence-electron chi connectivity index (χ1n) is 8.38. The summed E-state index contributed by atoms with van der Waals surface area (Å²) in [6.45, 7) is 8.91. The minimum absolute atomic E-state index is 0.190. The monoisotopic (exact) mass is 283 g/mol. The summed E-state index contributed by atoms with van der Waals surface area (Å²) in [5.74, 6) is 1.28. The van der Waals surface area contributed by atoms with E-state index in [0.29, 0.717) is 13.1 Å². The minimum Gasteiger partial charge on any atom is -0.389 e. The number of unbranched alkanes of at least 4 members (excludes halogenated alkanes) is 1. The van der Waals surface area contributed by atoms with Gasteiger partial charge in [0.2, 0.25) is 5.91 Å². The van der Waals surface area contributed by atoms with E-state index in [1.54, 1.807) is 13.8 Å². The molecule has 0 spiro atoms. The van der Waals surface area contributed by atoms with E-state index in [1.165, 1.54) is 32.1 Å². The summed E-state index contributed by atoms with van der Waals surface area (Å²) in [7, 11) is 0. The topological polar surface area (TPSA) is 40.5 Å². The van der Waals surface area contributed by atoms with Crippen LogP contribution in [0.5, 0.6) is 0 Å². The molecule has 1 fully saturated rings. The van der Waals surface area contributed by atoms with E-state index in [0.717, 1.165) is 18.8 Å². The molecule has 1 N–H and O–H groups in total. The van der Waals surface area contributed by atoms with Crippen LogP contribution in [0.4, 0.5) is 0 Å². The smallest absolute Gasteiger partial charge is 0.225 e. The minimum atomic E-state index is -0.802. The van der Waals surface area contributed by atoms with Crippen LogP contribution in [0.25, 0.3) is 0 Å². The fraction of sp³-hybridized carbons (Fsp3) is 0.941. The maximum absolute atomic E-state index is 12.5. The summed E-state index contributed by atoms with van der Waals surface area (Å²) in [6, 6.07) is 0. The molecule has 1 aliphatic rings. The Bertz CT molecular complexity index is 288. The summed E-state index contributed by atoms with van der Waals surface area (Å²) in [5.41, 5.74) is -0.802. The van der Waals surface area contributed by atoms with E-state index in [1.807, 2.05) is 11.8 Å². The van der Waals surface area contributed by atoms with Gasteiger partial charge in [-0.15, -0.1) is 0 Å². The number of amides is 1. The van der Waals surface area contributed by atoms with E-state index in [-0.39, 0.29) is 11.8 Å². The molecule has 1 amide bonds. The Balaban J connectivity index is 2.44. The van der Waals surface area contributed by atoms with Gasteiger partial charge < -0.3 is 10.0 Å². The van der Waals surface area contributed by atoms with Crippen LogP contribution >= 0.6 is 0 Å². The number of nitrogens with zero attached hydrogens (tertiary/aromatic N) is 1.